The molecule has 0 aliphatic rings. The van der Waals surface area contributed by atoms with Crippen LogP contribution in [0.1, 0.15) is 10.4 Å². The second kappa shape index (κ2) is 9.10. The lowest BCUT2D eigenvalue weighted by Crippen LogP contribution is -2.33. The Morgan fingerprint density at radius 2 is 1.84 bits per heavy atom. The lowest BCUT2D eigenvalue weighted by Gasteiger charge is -2.10. The Hall–Kier alpha value is -2.22. The van der Waals surface area contributed by atoms with Gasteiger partial charge in [-0.05, 0) is 43.7 Å². The Bertz CT molecular complexity index is 1210. The smallest absolute Gasteiger partial charge is 0.325 e. The van der Waals surface area contributed by atoms with Gasteiger partial charge in [0, 0.05) is 16.0 Å². The minimum absolute atomic E-state index is 0.0631. The van der Waals surface area contributed by atoms with Gasteiger partial charge >= 0.3 is 6.18 Å². The molecular weight excluding hydrogens is 473 g/mol. The van der Waals surface area contributed by atoms with Gasteiger partial charge in [-0.2, -0.15) is 13.2 Å². The first-order chi connectivity index (χ1) is 14.5. The van der Waals surface area contributed by atoms with E-state index in [0.717, 1.165) is 32.8 Å². The number of thiophene rings is 1. The van der Waals surface area contributed by atoms with E-state index in [1.807, 2.05) is 13.8 Å². The summed E-state index contributed by atoms with van der Waals surface area (Å²) in [6.07, 6.45) is -3.21. The first kappa shape index (κ1) is 23.4. The molecule has 166 valence electrons. The van der Waals surface area contributed by atoms with Crippen LogP contribution in [-0.4, -0.2) is 42.8 Å². The maximum Gasteiger partial charge on any atom is 0.402 e. The van der Waals surface area contributed by atoms with Gasteiger partial charge in [0.05, 0.1) is 10.6 Å². The SMILES string of the molecule is Cc1sc2ncnc(SCC(=O)Nc3ccc(S(=O)(=O)NCC(F)(F)F)cc3)c2c1C. The number of hydrogen-bond donors (Lipinski definition) is 2. The fourth-order valence-electron chi connectivity index (χ4n) is 2.57. The molecule has 3 rings (SSSR count). The lowest BCUT2D eigenvalue weighted by molar-refractivity contribution is -0.121. The van der Waals surface area contributed by atoms with Gasteiger partial charge in [-0.25, -0.2) is 23.1 Å². The molecule has 0 bridgehead atoms. The van der Waals surface area contributed by atoms with E-state index < -0.39 is 22.7 Å². The third kappa shape index (κ3) is 5.93. The van der Waals surface area contributed by atoms with Gasteiger partial charge in [-0.1, -0.05) is 11.8 Å². The summed E-state index contributed by atoms with van der Waals surface area (Å²) in [6, 6.07) is 4.85. The van der Waals surface area contributed by atoms with Crippen molar-refractivity contribution in [2.24, 2.45) is 0 Å². The Balaban J connectivity index is 1.62. The lowest BCUT2D eigenvalue weighted by atomic mass is 10.2. The van der Waals surface area contributed by atoms with Gasteiger partial charge in [0.15, 0.2) is 0 Å². The molecule has 1 aromatic carbocycles. The van der Waals surface area contributed by atoms with Gasteiger partial charge in [0.25, 0.3) is 0 Å². The van der Waals surface area contributed by atoms with Crippen LogP contribution in [0.4, 0.5) is 18.9 Å². The highest BCUT2D eigenvalue weighted by atomic mass is 32.2. The highest BCUT2D eigenvalue weighted by Gasteiger charge is 2.30. The van der Waals surface area contributed by atoms with Crippen molar-refractivity contribution in [1.29, 1.82) is 0 Å². The van der Waals surface area contributed by atoms with E-state index >= 15 is 0 Å². The monoisotopic (exact) mass is 490 g/mol. The summed E-state index contributed by atoms with van der Waals surface area (Å²) in [5.74, 6) is -0.277. The van der Waals surface area contributed by atoms with Crippen LogP contribution in [0.2, 0.25) is 0 Å². The van der Waals surface area contributed by atoms with Crippen LogP contribution in [-0.2, 0) is 14.8 Å². The number of aromatic nitrogens is 2. The third-order valence-corrected chi connectivity index (χ3v) is 7.70. The van der Waals surface area contributed by atoms with Crippen molar-refractivity contribution in [2.45, 2.75) is 29.9 Å². The van der Waals surface area contributed by atoms with E-state index in [0.29, 0.717) is 10.7 Å². The van der Waals surface area contributed by atoms with Crippen LogP contribution in [0.25, 0.3) is 10.2 Å². The van der Waals surface area contributed by atoms with E-state index in [1.54, 1.807) is 11.3 Å². The molecular formula is C18H17F3N4O3S3. The number of anilines is 1. The number of hydrogen-bond acceptors (Lipinski definition) is 7. The Kier molecular flexibility index (Phi) is 6.88. The van der Waals surface area contributed by atoms with Gasteiger partial charge < -0.3 is 5.32 Å². The zero-order valence-electron chi connectivity index (χ0n) is 16.3. The van der Waals surface area contributed by atoms with Gasteiger partial charge in [0.2, 0.25) is 15.9 Å². The summed E-state index contributed by atoms with van der Waals surface area (Å²) in [4.78, 5) is 22.4. The number of fused-ring (bicyclic) bond motifs is 1. The number of sulfonamides is 1. The van der Waals surface area contributed by atoms with Crippen LogP contribution in [0, 0.1) is 13.8 Å². The first-order valence-electron chi connectivity index (χ1n) is 8.76. The molecule has 0 aliphatic carbocycles. The Labute approximate surface area is 184 Å². The minimum atomic E-state index is -4.66. The van der Waals surface area contributed by atoms with E-state index in [2.05, 4.69) is 15.3 Å². The number of aryl methyl sites for hydroxylation is 2. The fourth-order valence-corrected chi connectivity index (χ4v) is 5.50. The van der Waals surface area contributed by atoms with Crippen molar-refractivity contribution in [3.05, 3.63) is 41.0 Å². The third-order valence-electron chi connectivity index (χ3n) is 4.18. The molecule has 0 unspecified atom stereocenters. The summed E-state index contributed by atoms with van der Waals surface area (Å²) in [5, 5.41) is 4.23. The fraction of sp³-hybridized carbons (Fsp3) is 0.278. The molecule has 0 saturated heterocycles. The average Bonchev–Trinajstić information content (AvgIpc) is 2.99. The molecule has 0 atom stereocenters. The second-order valence-electron chi connectivity index (χ2n) is 6.44. The van der Waals surface area contributed by atoms with Crippen molar-refractivity contribution in [3.8, 4) is 0 Å². The number of nitrogens with one attached hydrogen (secondary N) is 2. The standard InChI is InChI=1S/C18H17F3N4O3S3/c1-10-11(2)30-17-15(10)16(22-9-23-17)29-7-14(26)25-12-3-5-13(6-4-12)31(27,28)24-8-18(19,20)21/h3-6,9,24H,7-8H2,1-2H3,(H,25,26). The molecule has 2 aromatic heterocycles. The summed E-state index contributed by atoms with van der Waals surface area (Å²) in [6.45, 7) is 2.30. The number of thioether (sulfide) groups is 1. The number of amides is 1. The minimum Gasteiger partial charge on any atom is -0.325 e. The summed E-state index contributed by atoms with van der Waals surface area (Å²) in [5.41, 5.74) is 1.38. The van der Waals surface area contributed by atoms with Crippen molar-refractivity contribution >= 4 is 54.9 Å². The molecule has 0 radical (unpaired) electrons. The van der Waals surface area contributed by atoms with Crippen molar-refractivity contribution in [3.63, 3.8) is 0 Å². The predicted molar refractivity (Wildman–Crippen MR) is 114 cm³/mol. The number of halogens is 3. The van der Waals surface area contributed by atoms with Crippen LogP contribution >= 0.6 is 23.1 Å². The molecule has 1 amide bonds. The van der Waals surface area contributed by atoms with Crippen molar-refractivity contribution in [2.75, 3.05) is 17.6 Å². The maximum atomic E-state index is 12.3. The van der Waals surface area contributed by atoms with Crippen LogP contribution in [0.15, 0.2) is 40.5 Å². The predicted octanol–water partition coefficient (Wildman–Crippen LogP) is 3.88. The Morgan fingerprint density at radius 1 is 1.16 bits per heavy atom. The second-order valence-corrected chi connectivity index (χ2v) is 10.4. The largest absolute Gasteiger partial charge is 0.402 e. The normalized spacial score (nSPS) is 12.3. The van der Waals surface area contributed by atoms with E-state index in [-0.39, 0.29) is 16.6 Å². The summed E-state index contributed by atoms with van der Waals surface area (Å²) >= 11 is 2.81. The maximum absolute atomic E-state index is 12.3. The molecule has 7 nitrogen and oxygen atoms in total. The number of carbonyl (C=O) groups is 1. The molecule has 2 N–H and O–H groups in total. The quantitative estimate of drug-likeness (QED) is 0.385. The topological polar surface area (TPSA) is 101 Å². The van der Waals surface area contributed by atoms with E-state index in [9.17, 15) is 26.4 Å². The van der Waals surface area contributed by atoms with Gasteiger partial charge in [-0.15, -0.1) is 11.3 Å². The number of benzene rings is 1. The van der Waals surface area contributed by atoms with Crippen molar-refractivity contribution < 1.29 is 26.4 Å². The summed E-state index contributed by atoms with van der Waals surface area (Å²) in [7, 11) is -4.31. The number of rotatable bonds is 7. The van der Waals surface area contributed by atoms with Gasteiger partial charge in [-0.3, -0.25) is 4.79 Å². The number of alkyl halides is 3. The molecule has 0 aliphatic heterocycles. The molecule has 0 saturated carbocycles. The zero-order chi connectivity index (χ0) is 22.8. The molecule has 3 aromatic rings. The molecule has 13 heteroatoms. The molecule has 0 spiro atoms. The Morgan fingerprint density at radius 3 is 2.48 bits per heavy atom. The van der Waals surface area contributed by atoms with E-state index in [1.165, 1.54) is 34.9 Å². The summed E-state index contributed by atoms with van der Waals surface area (Å²) < 4.78 is 62.0. The number of carbonyl (C=O) groups excluding carboxylic acids is 1. The van der Waals surface area contributed by atoms with Crippen LogP contribution in [0.5, 0.6) is 0 Å². The zero-order valence-corrected chi connectivity index (χ0v) is 18.7. The molecule has 31 heavy (non-hydrogen) atoms. The first-order valence-corrected chi connectivity index (χ1v) is 12.0. The van der Waals surface area contributed by atoms with Crippen LogP contribution < -0.4 is 10.0 Å². The highest BCUT2D eigenvalue weighted by molar-refractivity contribution is 8.00. The molecule has 2 heterocycles. The van der Waals surface area contributed by atoms with Crippen LogP contribution in [0.3, 0.4) is 0 Å². The molecule has 0 fully saturated rings. The highest BCUT2D eigenvalue weighted by Crippen LogP contribution is 2.34. The number of nitrogens with zero attached hydrogens (tertiary/aromatic N) is 2. The average molecular weight is 491 g/mol. The van der Waals surface area contributed by atoms with Gasteiger partial charge in [0.1, 0.15) is 22.7 Å². The van der Waals surface area contributed by atoms with Crippen molar-refractivity contribution in [1.82, 2.24) is 14.7 Å². The van der Waals surface area contributed by atoms with E-state index in [4.69, 9.17) is 0 Å².